The molecule has 0 radical (unpaired) electrons. The largest absolute Gasteiger partial charge is 0.370 e. The molecule has 3 nitrogen and oxygen atoms in total. The van der Waals surface area contributed by atoms with E-state index in [1.807, 2.05) is 12.1 Å². The van der Waals surface area contributed by atoms with Crippen LogP contribution in [0.2, 0.25) is 0 Å². The first kappa shape index (κ1) is 16.5. The molecule has 4 heteroatoms. The van der Waals surface area contributed by atoms with Crippen molar-refractivity contribution in [2.45, 2.75) is 44.7 Å². The Labute approximate surface area is 142 Å². The molecular formula is C20H23FN2O. The fourth-order valence-electron chi connectivity index (χ4n) is 2.69. The van der Waals surface area contributed by atoms with Gasteiger partial charge in [-0.2, -0.15) is 0 Å². The van der Waals surface area contributed by atoms with Crippen molar-refractivity contribution < 1.29 is 9.18 Å². The van der Waals surface area contributed by atoms with Gasteiger partial charge in [-0.15, -0.1) is 0 Å². The molecule has 0 aromatic heterocycles. The monoisotopic (exact) mass is 326 g/mol. The maximum atomic E-state index is 13.2. The first-order valence-corrected chi connectivity index (χ1v) is 8.57. The number of halogens is 1. The number of nitrogens with one attached hydrogen (secondary N) is 2. The van der Waals surface area contributed by atoms with Crippen molar-refractivity contribution in [3.8, 4) is 0 Å². The van der Waals surface area contributed by atoms with Crippen molar-refractivity contribution in [2.75, 3.05) is 5.32 Å². The van der Waals surface area contributed by atoms with E-state index in [9.17, 15) is 9.18 Å². The third-order valence-electron chi connectivity index (χ3n) is 4.19. The lowest BCUT2D eigenvalue weighted by atomic mass is 10.0. The van der Waals surface area contributed by atoms with E-state index in [-0.39, 0.29) is 17.8 Å². The summed E-state index contributed by atoms with van der Waals surface area (Å²) in [5.74, 6) is -0.370. The molecule has 24 heavy (non-hydrogen) atoms. The van der Waals surface area contributed by atoms with Gasteiger partial charge in [-0.25, -0.2) is 4.39 Å². The Balaban J connectivity index is 1.77. The predicted octanol–water partition coefficient (Wildman–Crippen LogP) is 4.21. The predicted molar refractivity (Wildman–Crippen MR) is 94.4 cm³/mol. The number of anilines is 1. The normalized spacial score (nSPS) is 14.9. The number of amides is 1. The number of rotatable bonds is 7. The van der Waals surface area contributed by atoms with Crippen LogP contribution in [0.5, 0.6) is 0 Å². The van der Waals surface area contributed by atoms with E-state index in [4.69, 9.17) is 0 Å². The van der Waals surface area contributed by atoms with Gasteiger partial charge in [-0.1, -0.05) is 37.6 Å². The summed E-state index contributed by atoms with van der Waals surface area (Å²) in [5, 5.41) is 6.31. The number of benzene rings is 2. The molecule has 2 aromatic rings. The Morgan fingerprint density at radius 2 is 1.79 bits per heavy atom. The second kappa shape index (κ2) is 7.47. The summed E-state index contributed by atoms with van der Waals surface area (Å²) >= 11 is 0. The van der Waals surface area contributed by atoms with Gasteiger partial charge >= 0.3 is 0 Å². The van der Waals surface area contributed by atoms with Crippen LogP contribution in [0.4, 0.5) is 10.1 Å². The van der Waals surface area contributed by atoms with Crippen molar-refractivity contribution in [1.29, 1.82) is 0 Å². The molecule has 1 aliphatic carbocycles. The second-order valence-electron chi connectivity index (χ2n) is 6.36. The van der Waals surface area contributed by atoms with Crippen LogP contribution < -0.4 is 10.6 Å². The zero-order valence-corrected chi connectivity index (χ0v) is 13.9. The minimum atomic E-state index is -0.525. The van der Waals surface area contributed by atoms with Gasteiger partial charge in [0.25, 0.3) is 0 Å². The molecule has 1 atom stereocenters. The SMILES string of the molecule is CCCc1ccc(N[C@@H](C(=O)NC2CC2)c2ccc(F)cc2)cc1. The van der Waals surface area contributed by atoms with Gasteiger partial charge in [0.2, 0.25) is 5.91 Å². The zero-order chi connectivity index (χ0) is 16.9. The Hall–Kier alpha value is -2.36. The third kappa shape index (κ3) is 4.34. The lowest BCUT2D eigenvalue weighted by molar-refractivity contribution is -0.122. The summed E-state index contributed by atoms with van der Waals surface area (Å²) in [6.45, 7) is 2.15. The molecule has 0 bridgehead atoms. The standard InChI is InChI=1S/C20H23FN2O/c1-2-3-14-4-10-17(11-5-14)22-19(20(24)23-18-12-13-18)15-6-8-16(21)9-7-15/h4-11,18-19,22H,2-3,12-13H2,1H3,(H,23,24)/t19-/m1/s1. The zero-order valence-electron chi connectivity index (χ0n) is 13.9. The number of hydrogen-bond donors (Lipinski definition) is 2. The highest BCUT2D eigenvalue weighted by atomic mass is 19.1. The van der Waals surface area contributed by atoms with Crippen LogP contribution in [0.3, 0.4) is 0 Å². The minimum absolute atomic E-state index is 0.0678. The molecule has 1 amide bonds. The van der Waals surface area contributed by atoms with E-state index in [1.165, 1.54) is 17.7 Å². The fraction of sp³-hybridized carbons (Fsp3) is 0.350. The van der Waals surface area contributed by atoms with Gasteiger partial charge in [0, 0.05) is 11.7 Å². The van der Waals surface area contributed by atoms with E-state index >= 15 is 0 Å². The highest BCUT2D eigenvalue weighted by molar-refractivity contribution is 5.86. The number of carbonyl (C=O) groups excluding carboxylic acids is 1. The Morgan fingerprint density at radius 1 is 1.12 bits per heavy atom. The first-order valence-electron chi connectivity index (χ1n) is 8.57. The van der Waals surface area contributed by atoms with Crippen LogP contribution in [0.1, 0.15) is 43.4 Å². The quantitative estimate of drug-likeness (QED) is 0.800. The van der Waals surface area contributed by atoms with Gasteiger partial charge < -0.3 is 10.6 Å². The van der Waals surface area contributed by atoms with Crippen molar-refractivity contribution in [3.05, 3.63) is 65.5 Å². The maximum Gasteiger partial charge on any atom is 0.247 e. The summed E-state index contributed by atoms with van der Waals surface area (Å²) in [6, 6.07) is 14.0. The first-order chi connectivity index (χ1) is 11.7. The number of hydrogen-bond acceptors (Lipinski definition) is 2. The van der Waals surface area contributed by atoms with E-state index in [0.29, 0.717) is 0 Å². The van der Waals surface area contributed by atoms with Crippen LogP contribution >= 0.6 is 0 Å². The molecule has 1 aliphatic rings. The van der Waals surface area contributed by atoms with Crippen LogP contribution in [0.25, 0.3) is 0 Å². The van der Waals surface area contributed by atoms with Gasteiger partial charge in [0.15, 0.2) is 0 Å². The van der Waals surface area contributed by atoms with Crippen LogP contribution in [0.15, 0.2) is 48.5 Å². The molecule has 126 valence electrons. The van der Waals surface area contributed by atoms with Crippen molar-refractivity contribution in [2.24, 2.45) is 0 Å². The number of aryl methyl sites for hydroxylation is 1. The summed E-state index contributed by atoms with van der Waals surface area (Å²) in [7, 11) is 0. The number of carbonyl (C=O) groups is 1. The van der Waals surface area contributed by atoms with Gasteiger partial charge in [0.05, 0.1) is 0 Å². The topological polar surface area (TPSA) is 41.1 Å². The van der Waals surface area contributed by atoms with Crippen molar-refractivity contribution in [3.63, 3.8) is 0 Å². The molecule has 3 rings (SSSR count). The van der Waals surface area contributed by atoms with E-state index in [1.54, 1.807) is 12.1 Å². The molecule has 0 saturated heterocycles. The highest BCUT2D eigenvalue weighted by Crippen LogP contribution is 2.24. The molecule has 0 heterocycles. The van der Waals surface area contributed by atoms with Crippen LogP contribution in [-0.2, 0) is 11.2 Å². The molecular weight excluding hydrogens is 303 g/mol. The Kier molecular flexibility index (Phi) is 5.14. The summed E-state index contributed by atoms with van der Waals surface area (Å²) < 4.78 is 13.2. The third-order valence-corrected chi connectivity index (χ3v) is 4.19. The summed E-state index contributed by atoms with van der Waals surface area (Å²) in [5.41, 5.74) is 2.92. The molecule has 0 unspecified atom stereocenters. The highest BCUT2D eigenvalue weighted by Gasteiger charge is 2.28. The second-order valence-corrected chi connectivity index (χ2v) is 6.36. The van der Waals surface area contributed by atoms with Crippen LogP contribution in [0, 0.1) is 5.82 Å². The lowest BCUT2D eigenvalue weighted by Gasteiger charge is -2.20. The Morgan fingerprint density at radius 3 is 2.38 bits per heavy atom. The smallest absolute Gasteiger partial charge is 0.247 e. The summed E-state index contributed by atoms with van der Waals surface area (Å²) in [4.78, 5) is 12.6. The molecule has 2 N–H and O–H groups in total. The maximum absolute atomic E-state index is 13.2. The van der Waals surface area contributed by atoms with Crippen LogP contribution in [-0.4, -0.2) is 11.9 Å². The molecule has 0 aliphatic heterocycles. The summed E-state index contributed by atoms with van der Waals surface area (Å²) in [6.07, 6.45) is 4.22. The average Bonchev–Trinajstić information content (AvgIpc) is 3.39. The molecule has 1 fully saturated rings. The average molecular weight is 326 g/mol. The fourth-order valence-corrected chi connectivity index (χ4v) is 2.69. The van der Waals surface area contributed by atoms with E-state index in [2.05, 4.69) is 29.7 Å². The van der Waals surface area contributed by atoms with Crippen molar-refractivity contribution >= 4 is 11.6 Å². The van der Waals surface area contributed by atoms with Gasteiger partial charge in [0.1, 0.15) is 11.9 Å². The minimum Gasteiger partial charge on any atom is -0.370 e. The Bertz CT molecular complexity index is 678. The molecule has 0 spiro atoms. The van der Waals surface area contributed by atoms with Gasteiger partial charge in [-0.05, 0) is 54.7 Å². The van der Waals surface area contributed by atoms with Gasteiger partial charge in [-0.3, -0.25) is 4.79 Å². The molecule has 2 aromatic carbocycles. The van der Waals surface area contributed by atoms with E-state index in [0.717, 1.165) is 36.9 Å². The van der Waals surface area contributed by atoms with Crippen molar-refractivity contribution in [1.82, 2.24) is 5.32 Å². The van der Waals surface area contributed by atoms with E-state index < -0.39 is 6.04 Å². The lowest BCUT2D eigenvalue weighted by Crippen LogP contribution is -2.34. The molecule has 1 saturated carbocycles.